The standard InChI is InChI=1S/C8H10.C3H6.2C2H6/c1-7-5-3-4-6-8(7)2;1-3-2;2*1-2/h3-6H,1-2H3;3H,1H2,2H3;2*1-2H3. The first-order valence-corrected chi connectivity index (χ1v) is 5.81. The molecule has 0 heteroatoms. The Hall–Kier alpha value is -1.04. The van der Waals surface area contributed by atoms with Crippen LogP contribution in [0.3, 0.4) is 0 Å². The third-order valence-electron chi connectivity index (χ3n) is 1.43. The molecule has 0 fully saturated rings. The lowest BCUT2D eigenvalue weighted by molar-refractivity contribution is 1.34. The van der Waals surface area contributed by atoms with Crippen LogP contribution < -0.4 is 0 Å². The molecule has 1 aromatic carbocycles. The molecular formula is C15H28. The summed E-state index contributed by atoms with van der Waals surface area (Å²) in [6.07, 6.45) is 1.75. The Balaban J connectivity index is -0.000000176. The number of hydrogen-bond acceptors (Lipinski definition) is 0. The molecule has 0 spiro atoms. The monoisotopic (exact) mass is 208 g/mol. The first-order chi connectivity index (χ1) is 7.22. The zero-order valence-corrected chi connectivity index (χ0v) is 11.6. The maximum Gasteiger partial charge on any atom is -0.0395 e. The summed E-state index contributed by atoms with van der Waals surface area (Å²) in [7, 11) is 0. The molecule has 0 aromatic heterocycles. The van der Waals surface area contributed by atoms with Crippen molar-refractivity contribution in [2.75, 3.05) is 0 Å². The second kappa shape index (κ2) is 18.7. The molecule has 0 nitrogen and oxygen atoms in total. The zero-order valence-electron chi connectivity index (χ0n) is 11.6. The lowest BCUT2D eigenvalue weighted by Gasteiger charge is -1.93. The van der Waals surface area contributed by atoms with Crippen molar-refractivity contribution in [1.29, 1.82) is 0 Å². The minimum Gasteiger partial charge on any atom is -0.103 e. The zero-order chi connectivity index (χ0) is 12.7. The number of aryl methyl sites for hydroxylation is 2. The van der Waals surface area contributed by atoms with Gasteiger partial charge in [0.2, 0.25) is 0 Å². The van der Waals surface area contributed by atoms with Gasteiger partial charge in [-0.2, -0.15) is 0 Å². The second-order valence-corrected chi connectivity index (χ2v) is 2.49. The summed E-state index contributed by atoms with van der Waals surface area (Å²) in [5.74, 6) is 0. The molecule has 0 bridgehead atoms. The van der Waals surface area contributed by atoms with Crippen molar-refractivity contribution >= 4 is 0 Å². The smallest absolute Gasteiger partial charge is 0.0395 e. The van der Waals surface area contributed by atoms with Gasteiger partial charge < -0.3 is 0 Å². The van der Waals surface area contributed by atoms with Gasteiger partial charge in [-0.15, -0.1) is 6.58 Å². The van der Waals surface area contributed by atoms with E-state index in [-0.39, 0.29) is 0 Å². The van der Waals surface area contributed by atoms with E-state index in [9.17, 15) is 0 Å². The molecule has 0 aliphatic carbocycles. The Bertz CT molecular complexity index is 190. The van der Waals surface area contributed by atoms with Crippen LogP contribution in [0.4, 0.5) is 0 Å². The lowest BCUT2D eigenvalue weighted by Crippen LogP contribution is -1.74. The van der Waals surface area contributed by atoms with Gasteiger partial charge in [0.05, 0.1) is 0 Å². The van der Waals surface area contributed by atoms with Crippen molar-refractivity contribution in [1.82, 2.24) is 0 Å². The maximum absolute atomic E-state index is 3.36. The highest BCUT2D eigenvalue weighted by molar-refractivity contribution is 5.23. The molecule has 0 saturated heterocycles. The van der Waals surface area contributed by atoms with Gasteiger partial charge in [-0.25, -0.2) is 0 Å². The van der Waals surface area contributed by atoms with Crippen LogP contribution in [-0.2, 0) is 0 Å². The van der Waals surface area contributed by atoms with E-state index in [4.69, 9.17) is 0 Å². The summed E-state index contributed by atoms with van der Waals surface area (Å²) >= 11 is 0. The molecule has 15 heavy (non-hydrogen) atoms. The second-order valence-electron chi connectivity index (χ2n) is 2.49. The van der Waals surface area contributed by atoms with E-state index in [2.05, 4.69) is 44.7 Å². The van der Waals surface area contributed by atoms with E-state index in [1.54, 1.807) is 6.08 Å². The van der Waals surface area contributed by atoms with E-state index in [1.807, 2.05) is 34.6 Å². The highest BCUT2D eigenvalue weighted by atomic mass is 13.9. The van der Waals surface area contributed by atoms with Gasteiger partial charge in [-0.1, -0.05) is 58.0 Å². The normalized spacial score (nSPS) is 6.60. The molecule has 0 saturated carbocycles. The van der Waals surface area contributed by atoms with E-state index in [1.165, 1.54) is 11.1 Å². The Morgan fingerprint density at radius 1 is 0.867 bits per heavy atom. The van der Waals surface area contributed by atoms with Crippen LogP contribution in [0.5, 0.6) is 0 Å². The molecule has 1 aromatic rings. The van der Waals surface area contributed by atoms with Crippen LogP contribution in [0, 0.1) is 13.8 Å². The van der Waals surface area contributed by atoms with Crippen LogP contribution in [0.25, 0.3) is 0 Å². The molecule has 0 aliphatic heterocycles. The van der Waals surface area contributed by atoms with E-state index < -0.39 is 0 Å². The molecule has 1 rings (SSSR count). The van der Waals surface area contributed by atoms with Crippen LogP contribution in [0.1, 0.15) is 45.7 Å². The SMILES string of the molecule is C=CC.CC.CC.Cc1ccccc1C. The average Bonchev–Trinajstić information content (AvgIpc) is 2.29. The Labute approximate surface area is 97.0 Å². The van der Waals surface area contributed by atoms with Crippen molar-refractivity contribution < 1.29 is 0 Å². The van der Waals surface area contributed by atoms with Crippen molar-refractivity contribution in [3.05, 3.63) is 48.0 Å². The highest BCUT2D eigenvalue weighted by Crippen LogP contribution is 2.02. The van der Waals surface area contributed by atoms with Gasteiger partial charge in [0.1, 0.15) is 0 Å². The molecular weight excluding hydrogens is 180 g/mol. The Kier molecular flexibility index (Phi) is 24.3. The predicted molar refractivity (Wildman–Crippen MR) is 74.5 cm³/mol. The summed E-state index contributed by atoms with van der Waals surface area (Å²) in [5, 5.41) is 0. The van der Waals surface area contributed by atoms with Gasteiger partial charge in [-0.3, -0.25) is 0 Å². The topological polar surface area (TPSA) is 0 Å². The van der Waals surface area contributed by atoms with E-state index in [0.717, 1.165) is 0 Å². The minimum atomic E-state index is 1.37. The van der Waals surface area contributed by atoms with Crippen LogP contribution in [-0.4, -0.2) is 0 Å². The fourth-order valence-corrected chi connectivity index (χ4v) is 0.663. The summed E-state index contributed by atoms with van der Waals surface area (Å²) in [6, 6.07) is 8.36. The summed E-state index contributed by atoms with van der Waals surface area (Å²) in [4.78, 5) is 0. The van der Waals surface area contributed by atoms with Gasteiger partial charge in [0.15, 0.2) is 0 Å². The fraction of sp³-hybridized carbons (Fsp3) is 0.467. The third-order valence-corrected chi connectivity index (χ3v) is 1.43. The summed E-state index contributed by atoms with van der Waals surface area (Å²) < 4.78 is 0. The first kappa shape index (κ1) is 19.5. The van der Waals surface area contributed by atoms with Crippen LogP contribution >= 0.6 is 0 Å². The Morgan fingerprint density at radius 2 is 1.07 bits per heavy atom. The van der Waals surface area contributed by atoms with Crippen LogP contribution in [0.2, 0.25) is 0 Å². The van der Waals surface area contributed by atoms with Gasteiger partial charge >= 0.3 is 0 Å². The summed E-state index contributed by atoms with van der Waals surface area (Å²) in [6.45, 7) is 17.5. The molecule has 0 atom stereocenters. The predicted octanol–water partition coefficient (Wildman–Crippen LogP) is 5.55. The first-order valence-electron chi connectivity index (χ1n) is 5.81. The molecule has 0 heterocycles. The van der Waals surface area contributed by atoms with E-state index in [0.29, 0.717) is 0 Å². The van der Waals surface area contributed by atoms with Gasteiger partial charge in [0.25, 0.3) is 0 Å². The fourth-order valence-electron chi connectivity index (χ4n) is 0.663. The summed E-state index contributed by atoms with van der Waals surface area (Å²) in [5.41, 5.74) is 2.74. The lowest BCUT2D eigenvalue weighted by atomic mass is 10.1. The van der Waals surface area contributed by atoms with Gasteiger partial charge in [0, 0.05) is 0 Å². The quantitative estimate of drug-likeness (QED) is 0.490. The number of rotatable bonds is 0. The minimum absolute atomic E-state index is 1.37. The average molecular weight is 208 g/mol. The highest BCUT2D eigenvalue weighted by Gasteiger charge is 1.83. The van der Waals surface area contributed by atoms with Crippen molar-refractivity contribution in [2.24, 2.45) is 0 Å². The largest absolute Gasteiger partial charge is 0.103 e. The molecule has 0 amide bonds. The molecule has 88 valence electrons. The Morgan fingerprint density at radius 3 is 1.20 bits per heavy atom. The molecule has 0 radical (unpaired) electrons. The number of allylic oxidation sites excluding steroid dienone is 1. The van der Waals surface area contributed by atoms with Crippen molar-refractivity contribution in [2.45, 2.75) is 48.5 Å². The van der Waals surface area contributed by atoms with Crippen molar-refractivity contribution in [3.63, 3.8) is 0 Å². The number of hydrogen-bond donors (Lipinski definition) is 0. The molecule has 0 unspecified atom stereocenters. The van der Waals surface area contributed by atoms with Crippen LogP contribution in [0.15, 0.2) is 36.9 Å². The molecule has 0 N–H and O–H groups in total. The van der Waals surface area contributed by atoms with Gasteiger partial charge in [-0.05, 0) is 31.9 Å². The van der Waals surface area contributed by atoms with Crippen molar-refractivity contribution in [3.8, 4) is 0 Å². The third kappa shape index (κ3) is 15.7. The van der Waals surface area contributed by atoms with E-state index >= 15 is 0 Å². The number of benzene rings is 1. The maximum atomic E-state index is 3.36. The molecule has 0 aliphatic rings.